The van der Waals surface area contributed by atoms with E-state index < -0.39 is 30.0 Å². The molecule has 4 fully saturated rings. The van der Waals surface area contributed by atoms with Crippen LogP contribution in [-0.2, 0) is 0 Å². The van der Waals surface area contributed by atoms with E-state index in [1.807, 2.05) is 0 Å². The highest BCUT2D eigenvalue weighted by Gasteiger charge is 2.51. The number of aromatic nitrogens is 2. The average Bonchev–Trinajstić information content (AvgIpc) is 3.20. The highest BCUT2D eigenvalue weighted by molar-refractivity contribution is 5.93. The number of hydrogen-bond donors (Lipinski definition) is 2. The van der Waals surface area contributed by atoms with Crippen molar-refractivity contribution in [3.8, 4) is 0 Å². The van der Waals surface area contributed by atoms with E-state index >= 15 is 0 Å². The third-order valence-electron chi connectivity index (χ3n) is 8.48. The highest BCUT2D eigenvalue weighted by atomic mass is 19.4. The van der Waals surface area contributed by atoms with Crippen LogP contribution in [0.1, 0.15) is 73.1 Å². The van der Waals surface area contributed by atoms with Gasteiger partial charge in [0.1, 0.15) is 11.6 Å². The highest BCUT2D eigenvalue weighted by Crippen LogP contribution is 2.59. The van der Waals surface area contributed by atoms with Crippen LogP contribution in [-0.4, -0.2) is 28.4 Å². The number of nitrogens with one attached hydrogen (secondary N) is 2. The van der Waals surface area contributed by atoms with Gasteiger partial charge in [0.2, 0.25) is 0 Å². The van der Waals surface area contributed by atoms with Crippen molar-refractivity contribution >= 4 is 11.7 Å². The molecule has 0 spiro atoms. The molecule has 1 aromatic carbocycles. The van der Waals surface area contributed by atoms with Gasteiger partial charge < -0.3 is 10.6 Å². The molecule has 5 nitrogen and oxygen atoms in total. The molecule has 2 N–H and O–H groups in total. The fraction of sp³-hybridized carbons (Fsp3) is 0.600. The summed E-state index contributed by atoms with van der Waals surface area (Å²) >= 11 is 0. The van der Waals surface area contributed by atoms with Gasteiger partial charge in [-0.05, 0) is 79.4 Å². The topological polar surface area (TPSA) is 59.0 Å². The molecule has 1 aromatic heterocycles. The molecule has 34 heavy (non-hydrogen) atoms. The van der Waals surface area contributed by atoms with Crippen LogP contribution < -0.4 is 10.6 Å². The van der Waals surface area contributed by atoms with Gasteiger partial charge in [-0.15, -0.1) is 0 Å². The Kier molecular flexibility index (Phi) is 4.97. The summed E-state index contributed by atoms with van der Waals surface area (Å²) in [5.41, 5.74) is 0.668. The largest absolute Gasteiger partial charge is 0.410 e. The van der Waals surface area contributed by atoms with Crippen LogP contribution in [0.4, 0.5) is 23.4 Å². The Hall–Kier alpha value is -2.58. The van der Waals surface area contributed by atoms with Gasteiger partial charge in [-0.25, -0.2) is 9.07 Å². The summed E-state index contributed by atoms with van der Waals surface area (Å²) < 4.78 is 55.9. The first-order valence-corrected chi connectivity index (χ1v) is 12.1. The maximum absolute atomic E-state index is 13.9. The number of hydrogen-bond acceptors (Lipinski definition) is 3. The second-order valence-electron chi connectivity index (χ2n) is 11.0. The Balaban J connectivity index is 1.21. The average molecular weight is 477 g/mol. The number of carbonyl (C=O) groups excluding carboxylic acids is 1. The molecule has 182 valence electrons. The smallest absolute Gasteiger partial charge is 0.363 e. The van der Waals surface area contributed by atoms with Crippen LogP contribution >= 0.6 is 0 Å². The molecule has 2 atom stereocenters. The Morgan fingerprint density at radius 3 is 2.26 bits per heavy atom. The molecule has 0 radical (unpaired) electrons. The van der Waals surface area contributed by atoms with Crippen molar-refractivity contribution in [2.45, 2.75) is 63.2 Å². The molecule has 1 amide bonds. The Bertz CT molecular complexity index is 1060. The van der Waals surface area contributed by atoms with E-state index in [-0.39, 0.29) is 23.3 Å². The van der Waals surface area contributed by atoms with Crippen molar-refractivity contribution in [2.24, 2.45) is 23.2 Å². The summed E-state index contributed by atoms with van der Waals surface area (Å²) in [5.74, 6) is 1.52. The molecule has 9 heteroatoms. The normalized spacial score (nSPS) is 33.9. The predicted molar refractivity (Wildman–Crippen MR) is 118 cm³/mol. The lowest BCUT2D eigenvalue weighted by molar-refractivity contribution is -0.173. The summed E-state index contributed by atoms with van der Waals surface area (Å²) in [6, 6.07) is 4.27. The van der Waals surface area contributed by atoms with Gasteiger partial charge in [0.05, 0.1) is 6.04 Å². The van der Waals surface area contributed by atoms with Crippen LogP contribution in [0, 0.1) is 29.0 Å². The lowest BCUT2D eigenvalue weighted by Crippen LogP contribution is -2.51. The molecule has 4 aliphatic carbocycles. The van der Waals surface area contributed by atoms with Gasteiger partial charge in [-0.3, -0.25) is 4.79 Å². The van der Waals surface area contributed by atoms with Crippen molar-refractivity contribution in [1.29, 1.82) is 0 Å². The zero-order chi connectivity index (χ0) is 23.7. The lowest BCUT2D eigenvalue weighted by atomic mass is 9.49. The fourth-order valence-corrected chi connectivity index (χ4v) is 7.46. The lowest BCUT2D eigenvalue weighted by Gasteiger charge is -2.56. The van der Waals surface area contributed by atoms with Crippen LogP contribution in [0.5, 0.6) is 0 Å². The minimum absolute atomic E-state index is 0.0127. The van der Waals surface area contributed by atoms with E-state index in [4.69, 9.17) is 0 Å². The van der Waals surface area contributed by atoms with Crippen LogP contribution in [0.15, 0.2) is 30.3 Å². The Morgan fingerprint density at radius 1 is 1.06 bits per heavy atom. The van der Waals surface area contributed by atoms with Gasteiger partial charge in [0.25, 0.3) is 5.91 Å². The number of halogens is 4. The SMILES string of the molecule is O=C(NCC12CC3CC(CC(C3)C1)C2)c1cc2n(n1)C(C(F)(F)F)CC(c1ccc(F)cc1)N2. The van der Waals surface area contributed by atoms with Crippen LogP contribution in [0.3, 0.4) is 0 Å². The molecule has 0 saturated heterocycles. The van der Waals surface area contributed by atoms with E-state index in [1.165, 1.54) is 49.6 Å². The molecule has 5 aliphatic rings. The summed E-state index contributed by atoms with van der Waals surface area (Å²) in [5, 5.41) is 10.1. The van der Waals surface area contributed by atoms with E-state index in [2.05, 4.69) is 15.7 Å². The quantitative estimate of drug-likeness (QED) is 0.563. The van der Waals surface area contributed by atoms with E-state index in [0.717, 1.165) is 41.7 Å². The summed E-state index contributed by atoms with van der Waals surface area (Å²) in [4.78, 5) is 13.0. The number of carbonyl (C=O) groups is 1. The van der Waals surface area contributed by atoms with Gasteiger partial charge in [-0.2, -0.15) is 18.3 Å². The van der Waals surface area contributed by atoms with Gasteiger partial charge in [0, 0.05) is 19.0 Å². The molecule has 7 rings (SSSR count). The molecular formula is C25H28F4N4O. The molecular weight excluding hydrogens is 448 g/mol. The minimum atomic E-state index is -4.53. The number of amides is 1. The van der Waals surface area contributed by atoms with Crippen LogP contribution in [0.25, 0.3) is 0 Å². The monoisotopic (exact) mass is 476 g/mol. The maximum Gasteiger partial charge on any atom is 0.410 e. The van der Waals surface area contributed by atoms with E-state index in [0.29, 0.717) is 12.1 Å². The Morgan fingerprint density at radius 2 is 1.68 bits per heavy atom. The number of anilines is 1. The van der Waals surface area contributed by atoms with Crippen molar-refractivity contribution in [3.05, 3.63) is 47.4 Å². The first-order valence-electron chi connectivity index (χ1n) is 12.1. The van der Waals surface area contributed by atoms with E-state index in [9.17, 15) is 22.4 Å². The summed E-state index contributed by atoms with van der Waals surface area (Å²) in [6.45, 7) is 0.561. The zero-order valence-electron chi connectivity index (χ0n) is 18.7. The van der Waals surface area contributed by atoms with Crippen molar-refractivity contribution in [2.75, 3.05) is 11.9 Å². The second-order valence-corrected chi connectivity index (χ2v) is 11.0. The van der Waals surface area contributed by atoms with Crippen LogP contribution in [0.2, 0.25) is 0 Å². The van der Waals surface area contributed by atoms with Crippen molar-refractivity contribution in [3.63, 3.8) is 0 Å². The first kappa shape index (κ1) is 21.9. The van der Waals surface area contributed by atoms with Crippen molar-refractivity contribution in [1.82, 2.24) is 15.1 Å². The summed E-state index contributed by atoms with van der Waals surface area (Å²) in [7, 11) is 0. The number of benzene rings is 1. The number of rotatable bonds is 4. The number of nitrogens with zero attached hydrogens (tertiary/aromatic N) is 2. The molecule has 2 heterocycles. The third-order valence-corrected chi connectivity index (χ3v) is 8.48. The predicted octanol–water partition coefficient (Wildman–Crippen LogP) is 5.63. The van der Waals surface area contributed by atoms with Gasteiger partial charge >= 0.3 is 6.18 Å². The van der Waals surface area contributed by atoms with Gasteiger partial charge in [-0.1, -0.05) is 12.1 Å². The maximum atomic E-state index is 13.9. The molecule has 2 aromatic rings. The fourth-order valence-electron chi connectivity index (χ4n) is 7.46. The first-order chi connectivity index (χ1) is 16.2. The molecule has 2 unspecified atom stereocenters. The molecule has 4 bridgehead atoms. The van der Waals surface area contributed by atoms with E-state index in [1.54, 1.807) is 0 Å². The van der Waals surface area contributed by atoms with Gasteiger partial charge in [0.15, 0.2) is 11.7 Å². The number of fused-ring (bicyclic) bond motifs is 1. The summed E-state index contributed by atoms with van der Waals surface area (Å²) in [6.07, 6.45) is 2.50. The standard InChI is InChI=1S/C25H28F4N4O/c26-18-3-1-17(2-4-18)19-8-21(25(27,28)29)33-22(31-19)9-20(32-33)23(34)30-13-24-10-14-5-15(11-24)7-16(6-14)12-24/h1-4,9,14-16,19,21,31H,5-8,10-13H2,(H,30,34). The minimum Gasteiger partial charge on any atom is -0.363 e. The van der Waals surface area contributed by atoms with Crippen molar-refractivity contribution < 1.29 is 22.4 Å². The second kappa shape index (κ2) is 7.71. The molecule has 4 saturated carbocycles. The zero-order valence-corrected chi connectivity index (χ0v) is 18.7. The Labute approximate surface area is 195 Å². The molecule has 1 aliphatic heterocycles. The number of alkyl halides is 3. The third kappa shape index (κ3) is 3.86.